The minimum Gasteiger partial charge on any atom is -0.459 e. The van der Waals surface area contributed by atoms with Crippen LogP contribution in [-0.2, 0) is 23.8 Å². The van der Waals surface area contributed by atoms with E-state index >= 15 is 0 Å². The molecule has 0 aromatic rings. The van der Waals surface area contributed by atoms with Crippen LogP contribution in [0.25, 0.3) is 0 Å². The first-order valence-corrected chi connectivity index (χ1v) is 11.3. The van der Waals surface area contributed by atoms with Gasteiger partial charge in [-0.3, -0.25) is 4.79 Å². The molecule has 0 heterocycles. The van der Waals surface area contributed by atoms with Crippen molar-refractivity contribution in [1.29, 1.82) is 0 Å². The molecule has 0 radical (unpaired) electrons. The fourth-order valence-electron chi connectivity index (χ4n) is 6.15. The van der Waals surface area contributed by atoms with Gasteiger partial charge in [-0.15, -0.1) is 0 Å². The van der Waals surface area contributed by atoms with Crippen LogP contribution in [0.5, 0.6) is 0 Å². The van der Waals surface area contributed by atoms with E-state index < -0.39 is 35.4 Å². The summed E-state index contributed by atoms with van der Waals surface area (Å²) in [6, 6.07) is 0. The van der Waals surface area contributed by atoms with Crippen molar-refractivity contribution < 1.29 is 37.0 Å². The summed E-state index contributed by atoms with van der Waals surface area (Å²) in [7, 11) is 0. The molecular formula is C23H35F3O5. The van der Waals surface area contributed by atoms with Crippen molar-refractivity contribution in [2.45, 2.75) is 96.9 Å². The monoisotopic (exact) mass is 448 g/mol. The number of hydrogen-bond donors (Lipinski definition) is 0. The molecule has 0 aliphatic heterocycles. The maximum atomic E-state index is 13.3. The number of rotatable bonds is 7. The van der Waals surface area contributed by atoms with Crippen LogP contribution in [0.1, 0.15) is 79.6 Å². The van der Waals surface area contributed by atoms with E-state index in [0.717, 1.165) is 32.1 Å². The molecule has 4 rings (SSSR count). The lowest BCUT2D eigenvalue weighted by molar-refractivity contribution is -0.244. The van der Waals surface area contributed by atoms with Crippen LogP contribution in [0.2, 0.25) is 0 Å². The highest BCUT2D eigenvalue weighted by molar-refractivity contribution is 5.78. The number of hydrogen-bond acceptors (Lipinski definition) is 5. The van der Waals surface area contributed by atoms with E-state index in [1.54, 1.807) is 0 Å². The minimum absolute atomic E-state index is 0.0973. The van der Waals surface area contributed by atoms with E-state index in [9.17, 15) is 22.8 Å². The summed E-state index contributed by atoms with van der Waals surface area (Å²) < 4.78 is 53.6. The van der Waals surface area contributed by atoms with E-state index in [1.165, 1.54) is 0 Å². The molecule has 3 unspecified atom stereocenters. The molecule has 8 heteroatoms. The first-order valence-electron chi connectivity index (χ1n) is 11.3. The molecule has 0 saturated heterocycles. The highest BCUT2D eigenvalue weighted by atomic mass is 19.4. The van der Waals surface area contributed by atoms with Gasteiger partial charge in [0.25, 0.3) is 0 Å². The van der Waals surface area contributed by atoms with Crippen molar-refractivity contribution in [3.8, 4) is 0 Å². The Morgan fingerprint density at radius 2 is 1.45 bits per heavy atom. The van der Waals surface area contributed by atoms with Crippen LogP contribution >= 0.6 is 0 Å². The van der Waals surface area contributed by atoms with E-state index in [-0.39, 0.29) is 18.0 Å². The molecule has 3 atom stereocenters. The lowest BCUT2D eigenvalue weighted by Gasteiger charge is -2.61. The number of halogens is 3. The number of alkyl halides is 3. The summed E-state index contributed by atoms with van der Waals surface area (Å²) in [6.45, 7) is 9.55. The zero-order valence-electron chi connectivity index (χ0n) is 19.2. The molecule has 0 N–H and O–H groups in total. The molecule has 0 spiro atoms. The fourth-order valence-corrected chi connectivity index (χ4v) is 6.15. The largest absolute Gasteiger partial charge is 0.490 e. The third-order valence-corrected chi connectivity index (χ3v) is 8.03. The third kappa shape index (κ3) is 4.74. The van der Waals surface area contributed by atoms with E-state index in [1.807, 2.05) is 34.6 Å². The minimum atomic E-state index is -5.00. The average Bonchev–Trinajstić information content (AvgIpc) is 2.61. The van der Waals surface area contributed by atoms with Gasteiger partial charge in [-0.2, -0.15) is 13.2 Å². The Labute approximate surface area is 182 Å². The smallest absolute Gasteiger partial charge is 0.459 e. The molecule has 0 aromatic carbocycles. The zero-order valence-corrected chi connectivity index (χ0v) is 19.2. The second kappa shape index (κ2) is 7.92. The van der Waals surface area contributed by atoms with Crippen molar-refractivity contribution in [3.63, 3.8) is 0 Å². The Hall–Kier alpha value is -1.31. The molecule has 178 valence electrons. The Morgan fingerprint density at radius 1 is 0.903 bits per heavy atom. The lowest BCUT2D eigenvalue weighted by Crippen LogP contribution is -2.62. The van der Waals surface area contributed by atoms with Crippen LogP contribution in [0.4, 0.5) is 13.2 Å². The Balaban J connectivity index is 1.67. The van der Waals surface area contributed by atoms with Crippen molar-refractivity contribution in [2.24, 2.45) is 22.7 Å². The van der Waals surface area contributed by atoms with Gasteiger partial charge in [0.05, 0.1) is 17.6 Å². The van der Waals surface area contributed by atoms with Crippen molar-refractivity contribution in [2.75, 3.05) is 13.2 Å². The maximum absolute atomic E-state index is 13.3. The molecule has 4 fully saturated rings. The molecule has 5 nitrogen and oxygen atoms in total. The van der Waals surface area contributed by atoms with Crippen LogP contribution in [-0.4, -0.2) is 42.5 Å². The topological polar surface area (TPSA) is 61.8 Å². The van der Waals surface area contributed by atoms with Gasteiger partial charge >= 0.3 is 18.1 Å². The second-order valence-electron chi connectivity index (χ2n) is 11.1. The van der Waals surface area contributed by atoms with Gasteiger partial charge in [0.2, 0.25) is 0 Å². The normalized spacial score (nSPS) is 34.3. The molecule has 4 bridgehead atoms. The number of carbonyl (C=O) groups excluding carboxylic acids is 2. The SMILES string of the molecule is CCC(C)(C(=O)OC12CC3CC(CC(OCCOC(=O)C(F)(F)F)(C3)C1)C2)C(C)(C)C. The van der Waals surface area contributed by atoms with E-state index in [0.29, 0.717) is 24.7 Å². The van der Waals surface area contributed by atoms with Gasteiger partial charge in [0.15, 0.2) is 0 Å². The molecule has 31 heavy (non-hydrogen) atoms. The van der Waals surface area contributed by atoms with Gasteiger partial charge in [-0.05, 0) is 62.7 Å². The summed E-state index contributed by atoms with van der Waals surface area (Å²) in [5.74, 6) is -1.64. The molecule has 0 aromatic heterocycles. The Morgan fingerprint density at radius 3 is 1.94 bits per heavy atom. The number of esters is 2. The summed E-state index contributed by atoms with van der Waals surface area (Å²) in [5, 5.41) is 0. The second-order valence-corrected chi connectivity index (χ2v) is 11.1. The summed E-state index contributed by atoms with van der Waals surface area (Å²) in [4.78, 5) is 24.2. The van der Waals surface area contributed by atoms with Crippen LogP contribution in [0.3, 0.4) is 0 Å². The van der Waals surface area contributed by atoms with Crippen LogP contribution in [0.15, 0.2) is 0 Å². The summed E-state index contributed by atoms with van der Waals surface area (Å²) >= 11 is 0. The van der Waals surface area contributed by atoms with Crippen LogP contribution in [0, 0.1) is 22.7 Å². The summed E-state index contributed by atoms with van der Waals surface area (Å²) in [5.41, 5.74) is -1.97. The summed E-state index contributed by atoms with van der Waals surface area (Å²) in [6.07, 6.45) is 0.525. The van der Waals surface area contributed by atoms with Gasteiger partial charge in [-0.1, -0.05) is 27.7 Å². The molecule has 4 aliphatic carbocycles. The number of ether oxygens (including phenoxy) is 3. The number of carbonyl (C=O) groups is 2. The van der Waals surface area contributed by atoms with Crippen molar-refractivity contribution in [3.05, 3.63) is 0 Å². The van der Waals surface area contributed by atoms with Crippen molar-refractivity contribution >= 4 is 11.9 Å². The highest BCUT2D eigenvalue weighted by Gasteiger charge is 2.61. The van der Waals surface area contributed by atoms with Crippen LogP contribution < -0.4 is 0 Å². The Bertz CT molecular complexity index is 697. The van der Waals surface area contributed by atoms with Crippen molar-refractivity contribution in [1.82, 2.24) is 0 Å². The quantitative estimate of drug-likeness (QED) is 0.395. The molecule has 4 aliphatic rings. The first kappa shape index (κ1) is 24.3. The van der Waals surface area contributed by atoms with E-state index in [2.05, 4.69) is 4.74 Å². The van der Waals surface area contributed by atoms with Gasteiger partial charge in [0.1, 0.15) is 12.2 Å². The first-order chi connectivity index (χ1) is 14.1. The third-order valence-electron chi connectivity index (χ3n) is 8.03. The zero-order chi connectivity index (χ0) is 23.3. The fraction of sp³-hybridized carbons (Fsp3) is 0.913. The predicted molar refractivity (Wildman–Crippen MR) is 107 cm³/mol. The van der Waals surface area contributed by atoms with Gasteiger partial charge in [-0.25, -0.2) is 4.79 Å². The van der Waals surface area contributed by atoms with E-state index in [4.69, 9.17) is 9.47 Å². The molecule has 4 saturated carbocycles. The van der Waals surface area contributed by atoms with Gasteiger partial charge in [0, 0.05) is 6.42 Å². The van der Waals surface area contributed by atoms with Gasteiger partial charge < -0.3 is 14.2 Å². The average molecular weight is 449 g/mol. The molecule has 0 amide bonds. The highest BCUT2D eigenvalue weighted by Crippen LogP contribution is 2.61. The maximum Gasteiger partial charge on any atom is 0.490 e. The predicted octanol–water partition coefficient (Wildman–Crippen LogP) is 5.21. The Kier molecular flexibility index (Phi) is 6.22. The lowest BCUT2D eigenvalue weighted by atomic mass is 9.52. The molecular weight excluding hydrogens is 413 g/mol. The standard InChI is InChI=1S/C23H35F3O5/c1-6-20(5,19(2,3)4)17(27)31-22-12-15-9-16(13-22)11-21(10-15,14-22)30-8-7-29-18(28)23(24,25)26/h15-16H,6-14H2,1-5H3.